The van der Waals surface area contributed by atoms with Crippen molar-refractivity contribution in [3.63, 3.8) is 0 Å². The second-order valence-electron chi connectivity index (χ2n) is 4.54. The third kappa shape index (κ3) is 1.49. The molecule has 2 nitrogen and oxygen atoms in total. The molecule has 0 N–H and O–H groups in total. The van der Waals surface area contributed by atoms with Gasteiger partial charge >= 0.3 is 0 Å². The minimum Gasteiger partial charge on any atom is -0.223 e. The minimum absolute atomic E-state index is 0.0472. The fourth-order valence-corrected chi connectivity index (χ4v) is 4.51. The number of hydrogen-bond donors (Lipinski definition) is 0. The smallest absolute Gasteiger partial charge is 0.185 e. The number of rotatable bonds is 2. The largest absolute Gasteiger partial charge is 0.223 e. The van der Waals surface area contributed by atoms with E-state index in [1.807, 2.05) is 12.2 Å². The molecule has 0 radical (unpaired) electrons. The summed E-state index contributed by atoms with van der Waals surface area (Å²) in [7, 11) is -3.70. The van der Waals surface area contributed by atoms with Crippen LogP contribution < -0.4 is 0 Å². The van der Waals surface area contributed by atoms with Gasteiger partial charge in [0.1, 0.15) is 0 Å². The molecule has 17 heavy (non-hydrogen) atoms. The first-order chi connectivity index (χ1) is 8.48. The van der Waals surface area contributed by atoms with E-state index in [-0.39, 0.29) is 16.7 Å². The summed E-state index contributed by atoms with van der Waals surface area (Å²) in [6.07, 6.45) is 4.53. The molecule has 1 fully saturated rings. The van der Waals surface area contributed by atoms with Crippen LogP contribution in [0.4, 0.5) is 0 Å². The van der Waals surface area contributed by atoms with Crippen LogP contribution >= 0.6 is 0 Å². The van der Waals surface area contributed by atoms with Crippen molar-refractivity contribution < 1.29 is 9.79 Å². The molecule has 3 heteroatoms. The Kier molecular flexibility index (Phi) is 2.03. The van der Waals surface area contributed by atoms with Gasteiger partial charge in [-0.25, -0.2) is 8.42 Å². The standard InChI is InChI=1S/C14H14O2S/c1-10-11-7-8-12(9-11)14(10)17(15,16)13-5-3-2-4-6-13/h2-8,11-12,14H,1,9H2/t11-,12+,14-/m0/s1/i14D. The van der Waals surface area contributed by atoms with Crippen LogP contribution in [0.3, 0.4) is 0 Å². The van der Waals surface area contributed by atoms with Crippen molar-refractivity contribution in [2.75, 3.05) is 0 Å². The monoisotopic (exact) mass is 247 g/mol. The van der Waals surface area contributed by atoms with Crippen molar-refractivity contribution in [3.05, 3.63) is 54.6 Å². The quantitative estimate of drug-likeness (QED) is 0.753. The Balaban J connectivity index is 2.16. The Hall–Kier alpha value is -1.35. The molecule has 0 aromatic heterocycles. The lowest BCUT2D eigenvalue weighted by Gasteiger charge is -2.20. The van der Waals surface area contributed by atoms with Crippen LogP contribution in [0.1, 0.15) is 7.79 Å². The minimum atomic E-state index is -3.70. The van der Waals surface area contributed by atoms with Gasteiger partial charge in [-0.15, -0.1) is 0 Å². The summed E-state index contributed by atoms with van der Waals surface area (Å²) in [6, 6.07) is 8.23. The van der Waals surface area contributed by atoms with E-state index >= 15 is 0 Å². The lowest BCUT2D eigenvalue weighted by atomic mass is 10.0. The zero-order chi connectivity index (χ0) is 13.0. The van der Waals surface area contributed by atoms with Gasteiger partial charge < -0.3 is 0 Å². The topological polar surface area (TPSA) is 34.1 Å². The van der Waals surface area contributed by atoms with E-state index in [0.29, 0.717) is 12.0 Å². The van der Waals surface area contributed by atoms with Gasteiger partial charge in [0.2, 0.25) is 0 Å². The highest BCUT2D eigenvalue weighted by Gasteiger charge is 2.46. The summed E-state index contributed by atoms with van der Waals surface area (Å²) >= 11 is 0. The van der Waals surface area contributed by atoms with Gasteiger partial charge in [0.15, 0.2) is 9.84 Å². The lowest BCUT2D eigenvalue weighted by molar-refractivity contribution is 0.573. The summed E-state index contributed by atoms with van der Waals surface area (Å²) < 4.78 is 33.8. The van der Waals surface area contributed by atoms with E-state index in [9.17, 15) is 8.42 Å². The normalized spacial score (nSPS) is 36.2. The number of allylic oxidation sites excluding steroid dienone is 2. The Bertz CT molecular complexity index is 633. The number of benzene rings is 1. The Morgan fingerprint density at radius 2 is 1.94 bits per heavy atom. The summed E-state index contributed by atoms with van der Waals surface area (Å²) in [5.41, 5.74) is 0.513. The first-order valence-electron chi connectivity index (χ1n) is 6.15. The van der Waals surface area contributed by atoms with Crippen LogP contribution in [-0.4, -0.2) is 13.6 Å². The van der Waals surface area contributed by atoms with Crippen LogP contribution in [0.2, 0.25) is 0 Å². The summed E-state index contributed by atoms with van der Waals surface area (Å²) in [4.78, 5) is 0.210. The fraction of sp³-hybridized carbons (Fsp3) is 0.286. The predicted octanol–water partition coefficient (Wildman–Crippen LogP) is 2.59. The van der Waals surface area contributed by atoms with Crippen molar-refractivity contribution in [1.29, 1.82) is 0 Å². The highest BCUT2D eigenvalue weighted by atomic mass is 32.2. The molecule has 2 aliphatic rings. The SMILES string of the molecule is [2H][C@]1(S(=O)(=O)c2ccccc2)C(=C)[C@H]2C=C[C@@H]1C2. The third-order valence-corrected chi connectivity index (χ3v) is 5.56. The van der Waals surface area contributed by atoms with Crippen molar-refractivity contribution in [1.82, 2.24) is 0 Å². The molecule has 0 heterocycles. The van der Waals surface area contributed by atoms with Crippen LogP contribution in [-0.2, 0) is 9.84 Å². The average molecular weight is 247 g/mol. The zero-order valence-electron chi connectivity index (χ0n) is 10.3. The zero-order valence-corrected chi connectivity index (χ0v) is 10.2. The van der Waals surface area contributed by atoms with Crippen LogP contribution in [0.15, 0.2) is 59.5 Å². The molecule has 0 aliphatic heterocycles. The molecule has 2 bridgehead atoms. The first kappa shape index (κ1) is 9.66. The summed E-state index contributed by atoms with van der Waals surface area (Å²) in [5.74, 6) is -0.216. The van der Waals surface area contributed by atoms with Crippen molar-refractivity contribution in [2.24, 2.45) is 11.8 Å². The Labute approximate surface area is 103 Å². The second-order valence-corrected chi connectivity index (χ2v) is 6.46. The van der Waals surface area contributed by atoms with Gasteiger partial charge in [-0.3, -0.25) is 0 Å². The van der Waals surface area contributed by atoms with E-state index < -0.39 is 15.1 Å². The Morgan fingerprint density at radius 3 is 2.53 bits per heavy atom. The van der Waals surface area contributed by atoms with Gasteiger partial charge in [-0.2, -0.15) is 0 Å². The molecule has 0 amide bonds. The maximum atomic E-state index is 12.7. The lowest BCUT2D eigenvalue weighted by Crippen LogP contribution is -2.27. The molecule has 3 rings (SSSR count). The van der Waals surface area contributed by atoms with E-state index in [2.05, 4.69) is 6.58 Å². The molecule has 2 aliphatic carbocycles. The molecule has 0 spiro atoms. The molecular weight excluding hydrogens is 232 g/mol. The van der Waals surface area contributed by atoms with Gasteiger partial charge in [0, 0.05) is 0 Å². The van der Waals surface area contributed by atoms with E-state index in [1.165, 1.54) is 0 Å². The molecule has 1 saturated carbocycles. The predicted molar refractivity (Wildman–Crippen MR) is 67.3 cm³/mol. The van der Waals surface area contributed by atoms with Crippen LogP contribution in [0.5, 0.6) is 0 Å². The molecule has 1 aromatic carbocycles. The van der Waals surface area contributed by atoms with Crippen molar-refractivity contribution in [3.8, 4) is 0 Å². The fourth-order valence-electron chi connectivity index (χ4n) is 2.67. The highest BCUT2D eigenvalue weighted by Crippen LogP contribution is 2.47. The van der Waals surface area contributed by atoms with E-state index in [1.54, 1.807) is 30.3 Å². The molecule has 1 aromatic rings. The molecular formula is C14H14O2S. The van der Waals surface area contributed by atoms with Gasteiger partial charge in [0.05, 0.1) is 11.5 Å². The van der Waals surface area contributed by atoms with E-state index in [4.69, 9.17) is 1.37 Å². The summed E-state index contributed by atoms with van der Waals surface area (Å²) in [5, 5.41) is -1.59. The van der Waals surface area contributed by atoms with Gasteiger partial charge in [-0.1, -0.05) is 42.5 Å². The number of sulfone groups is 1. The second kappa shape index (κ2) is 3.57. The molecule has 88 valence electrons. The molecule has 0 saturated heterocycles. The maximum absolute atomic E-state index is 12.7. The van der Waals surface area contributed by atoms with Crippen molar-refractivity contribution >= 4 is 9.84 Å². The van der Waals surface area contributed by atoms with Crippen molar-refractivity contribution in [2.45, 2.75) is 16.5 Å². The molecule has 0 unspecified atom stereocenters. The Morgan fingerprint density at radius 1 is 1.24 bits per heavy atom. The van der Waals surface area contributed by atoms with Gasteiger partial charge in [0.25, 0.3) is 0 Å². The summed E-state index contributed by atoms with van der Waals surface area (Å²) in [6.45, 7) is 3.86. The highest BCUT2D eigenvalue weighted by molar-refractivity contribution is 7.92. The van der Waals surface area contributed by atoms with Gasteiger partial charge in [-0.05, 0) is 30.4 Å². The maximum Gasteiger partial charge on any atom is 0.185 e. The number of fused-ring (bicyclic) bond motifs is 2. The van der Waals surface area contributed by atoms with Crippen LogP contribution in [0.25, 0.3) is 0 Å². The first-order valence-corrected chi connectivity index (χ1v) is 7.13. The average Bonchev–Trinajstić information content (AvgIpc) is 2.94. The number of hydrogen-bond acceptors (Lipinski definition) is 2. The third-order valence-electron chi connectivity index (χ3n) is 3.53. The van der Waals surface area contributed by atoms with Crippen LogP contribution in [0, 0.1) is 11.8 Å². The molecule has 3 atom stereocenters. The van der Waals surface area contributed by atoms with E-state index in [0.717, 1.165) is 0 Å².